The van der Waals surface area contributed by atoms with Gasteiger partial charge >= 0.3 is 0 Å². The summed E-state index contributed by atoms with van der Waals surface area (Å²) in [6.07, 6.45) is 4.39. The maximum absolute atomic E-state index is 8.52. The largest absolute Gasteiger partial charge is 0.411 e. The molecule has 1 unspecified atom stereocenters. The van der Waals surface area contributed by atoms with Crippen molar-refractivity contribution in [3.8, 4) is 0 Å². The zero-order chi connectivity index (χ0) is 7.40. The molecule has 0 bridgehead atoms. The second-order valence-corrected chi connectivity index (χ2v) is 2.77. The standard InChI is InChI=1S/C7H14N2O/c8-5-6-3-1-2-4-7(6)9-10/h6,10H,1-5,8H2. The quantitative estimate of drug-likeness (QED) is 0.423. The molecule has 0 spiro atoms. The Bertz CT molecular complexity index is 134. The number of hydrogen-bond donors (Lipinski definition) is 2. The van der Waals surface area contributed by atoms with Crippen molar-refractivity contribution < 1.29 is 5.21 Å². The molecule has 0 aliphatic heterocycles. The molecule has 0 aromatic carbocycles. The van der Waals surface area contributed by atoms with Crippen LogP contribution >= 0.6 is 0 Å². The molecular formula is C7H14N2O. The second-order valence-electron chi connectivity index (χ2n) is 2.77. The number of oxime groups is 1. The van der Waals surface area contributed by atoms with E-state index in [0.29, 0.717) is 12.5 Å². The van der Waals surface area contributed by atoms with E-state index in [4.69, 9.17) is 10.9 Å². The molecule has 0 aromatic rings. The van der Waals surface area contributed by atoms with Gasteiger partial charge in [0.25, 0.3) is 0 Å². The third-order valence-corrected chi connectivity index (χ3v) is 2.12. The monoisotopic (exact) mass is 142 g/mol. The van der Waals surface area contributed by atoms with Crippen LogP contribution < -0.4 is 5.73 Å². The van der Waals surface area contributed by atoms with Crippen LogP contribution in [0.2, 0.25) is 0 Å². The third kappa shape index (κ3) is 1.48. The summed E-state index contributed by atoms with van der Waals surface area (Å²) in [5.41, 5.74) is 6.37. The Balaban J connectivity index is 2.50. The molecule has 0 radical (unpaired) electrons. The minimum atomic E-state index is 0.346. The summed E-state index contributed by atoms with van der Waals surface area (Å²) in [6, 6.07) is 0. The fourth-order valence-corrected chi connectivity index (χ4v) is 1.45. The van der Waals surface area contributed by atoms with Gasteiger partial charge in [0.2, 0.25) is 0 Å². The van der Waals surface area contributed by atoms with Crippen molar-refractivity contribution in [1.29, 1.82) is 0 Å². The topological polar surface area (TPSA) is 58.6 Å². The fraction of sp³-hybridized carbons (Fsp3) is 0.857. The Morgan fingerprint density at radius 1 is 1.60 bits per heavy atom. The smallest absolute Gasteiger partial charge is 0.0614 e. The molecule has 0 amide bonds. The summed E-state index contributed by atoms with van der Waals surface area (Å²) in [4.78, 5) is 0. The maximum Gasteiger partial charge on any atom is 0.0614 e. The zero-order valence-electron chi connectivity index (χ0n) is 6.08. The zero-order valence-corrected chi connectivity index (χ0v) is 6.08. The predicted octanol–water partition coefficient (Wildman–Crippen LogP) is 0.966. The first-order valence-corrected chi connectivity index (χ1v) is 3.79. The van der Waals surface area contributed by atoms with E-state index in [0.717, 1.165) is 25.0 Å². The molecule has 1 fully saturated rings. The molecule has 1 saturated carbocycles. The van der Waals surface area contributed by atoms with Crippen LogP contribution in [0.4, 0.5) is 0 Å². The van der Waals surface area contributed by atoms with Gasteiger partial charge in [-0.1, -0.05) is 11.6 Å². The van der Waals surface area contributed by atoms with Gasteiger partial charge in [-0.05, 0) is 19.3 Å². The van der Waals surface area contributed by atoms with Crippen LogP contribution in [0.1, 0.15) is 25.7 Å². The van der Waals surface area contributed by atoms with Crippen LogP contribution in [-0.2, 0) is 0 Å². The van der Waals surface area contributed by atoms with E-state index >= 15 is 0 Å². The van der Waals surface area contributed by atoms with E-state index in [-0.39, 0.29) is 0 Å². The number of rotatable bonds is 1. The lowest BCUT2D eigenvalue weighted by atomic mass is 9.87. The van der Waals surface area contributed by atoms with Crippen LogP contribution in [0.25, 0.3) is 0 Å². The van der Waals surface area contributed by atoms with E-state index < -0.39 is 0 Å². The Hall–Kier alpha value is -0.570. The van der Waals surface area contributed by atoms with Gasteiger partial charge in [0.05, 0.1) is 5.71 Å². The Morgan fingerprint density at radius 2 is 2.40 bits per heavy atom. The lowest BCUT2D eigenvalue weighted by molar-refractivity contribution is 0.309. The van der Waals surface area contributed by atoms with E-state index in [1.807, 2.05) is 0 Å². The highest BCUT2D eigenvalue weighted by Gasteiger charge is 2.18. The molecular weight excluding hydrogens is 128 g/mol. The van der Waals surface area contributed by atoms with Crippen LogP contribution in [0.5, 0.6) is 0 Å². The molecule has 0 heterocycles. The molecule has 3 heteroatoms. The summed E-state index contributed by atoms with van der Waals surface area (Å²) >= 11 is 0. The van der Waals surface area contributed by atoms with Crippen molar-refractivity contribution in [3.63, 3.8) is 0 Å². The molecule has 0 aromatic heterocycles. The van der Waals surface area contributed by atoms with Gasteiger partial charge in [-0.3, -0.25) is 0 Å². The van der Waals surface area contributed by atoms with Gasteiger partial charge in [0.1, 0.15) is 0 Å². The minimum Gasteiger partial charge on any atom is -0.411 e. The Kier molecular flexibility index (Phi) is 2.68. The molecule has 0 saturated heterocycles. The molecule has 1 aliphatic carbocycles. The van der Waals surface area contributed by atoms with Crippen molar-refractivity contribution in [2.45, 2.75) is 25.7 Å². The highest BCUT2D eigenvalue weighted by atomic mass is 16.4. The summed E-state index contributed by atoms with van der Waals surface area (Å²) in [5, 5.41) is 11.8. The summed E-state index contributed by atoms with van der Waals surface area (Å²) < 4.78 is 0. The van der Waals surface area contributed by atoms with E-state index in [2.05, 4.69) is 5.16 Å². The van der Waals surface area contributed by atoms with E-state index in [9.17, 15) is 0 Å². The lowest BCUT2D eigenvalue weighted by Crippen LogP contribution is -2.26. The normalized spacial score (nSPS) is 30.9. The van der Waals surface area contributed by atoms with Gasteiger partial charge in [-0.2, -0.15) is 0 Å². The first-order valence-electron chi connectivity index (χ1n) is 3.79. The SMILES string of the molecule is NCC1CCCCC1=NO. The molecule has 1 aliphatic rings. The average molecular weight is 142 g/mol. The highest BCUT2D eigenvalue weighted by Crippen LogP contribution is 2.20. The Labute approximate surface area is 60.9 Å². The van der Waals surface area contributed by atoms with Crippen molar-refractivity contribution >= 4 is 5.71 Å². The maximum atomic E-state index is 8.52. The van der Waals surface area contributed by atoms with Gasteiger partial charge < -0.3 is 10.9 Å². The van der Waals surface area contributed by atoms with Gasteiger partial charge in [-0.25, -0.2) is 0 Å². The average Bonchev–Trinajstić information content (AvgIpc) is 2.04. The second kappa shape index (κ2) is 3.56. The summed E-state index contributed by atoms with van der Waals surface area (Å²) in [5.74, 6) is 0.346. The lowest BCUT2D eigenvalue weighted by Gasteiger charge is -2.20. The highest BCUT2D eigenvalue weighted by molar-refractivity contribution is 5.87. The van der Waals surface area contributed by atoms with Crippen LogP contribution in [-0.4, -0.2) is 17.5 Å². The van der Waals surface area contributed by atoms with Crippen molar-refractivity contribution in [2.75, 3.05) is 6.54 Å². The molecule has 10 heavy (non-hydrogen) atoms. The minimum absolute atomic E-state index is 0.346. The fourth-order valence-electron chi connectivity index (χ4n) is 1.45. The molecule has 1 rings (SSSR count). The van der Waals surface area contributed by atoms with Crippen LogP contribution in [0.15, 0.2) is 5.16 Å². The van der Waals surface area contributed by atoms with Crippen LogP contribution in [0, 0.1) is 5.92 Å². The van der Waals surface area contributed by atoms with Crippen molar-refractivity contribution in [3.05, 3.63) is 0 Å². The number of hydrogen-bond acceptors (Lipinski definition) is 3. The third-order valence-electron chi connectivity index (χ3n) is 2.12. The molecule has 1 atom stereocenters. The van der Waals surface area contributed by atoms with Crippen molar-refractivity contribution in [2.24, 2.45) is 16.8 Å². The van der Waals surface area contributed by atoms with Crippen molar-refractivity contribution in [1.82, 2.24) is 0 Å². The first-order chi connectivity index (χ1) is 4.88. The predicted molar refractivity (Wildman–Crippen MR) is 40.2 cm³/mol. The number of nitrogens with two attached hydrogens (primary N) is 1. The first kappa shape index (κ1) is 7.54. The molecule has 58 valence electrons. The summed E-state index contributed by atoms with van der Waals surface area (Å²) in [7, 11) is 0. The van der Waals surface area contributed by atoms with Gasteiger partial charge in [0, 0.05) is 12.5 Å². The number of nitrogens with zero attached hydrogens (tertiary/aromatic N) is 1. The summed E-state index contributed by atoms with van der Waals surface area (Å²) in [6.45, 7) is 0.624. The van der Waals surface area contributed by atoms with Crippen LogP contribution in [0.3, 0.4) is 0 Å². The molecule has 3 nitrogen and oxygen atoms in total. The molecule has 3 N–H and O–H groups in total. The van der Waals surface area contributed by atoms with E-state index in [1.54, 1.807) is 0 Å². The van der Waals surface area contributed by atoms with E-state index in [1.165, 1.54) is 6.42 Å². The van der Waals surface area contributed by atoms with Gasteiger partial charge in [-0.15, -0.1) is 0 Å². The van der Waals surface area contributed by atoms with Gasteiger partial charge in [0.15, 0.2) is 0 Å². The Morgan fingerprint density at radius 3 is 2.90 bits per heavy atom.